The summed E-state index contributed by atoms with van der Waals surface area (Å²) in [4.78, 5) is 0. The Bertz CT molecular complexity index is 80.5. The van der Waals surface area contributed by atoms with Crippen molar-refractivity contribution in [2.24, 2.45) is 5.73 Å². The minimum atomic E-state index is 0.337. The lowest BCUT2D eigenvalue weighted by molar-refractivity contribution is -0.453. The second-order valence-electron chi connectivity index (χ2n) is 1.56. The van der Waals surface area contributed by atoms with Gasteiger partial charge in [0.05, 0.1) is 6.54 Å². The van der Waals surface area contributed by atoms with Gasteiger partial charge in [0.25, 0.3) is 0 Å². The molecule has 48 valence electrons. The molecule has 3 nitrogen and oxygen atoms in total. The molecule has 0 radical (unpaired) electrons. The predicted molar refractivity (Wildman–Crippen MR) is 33.9 cm³/mol. The van der Waals surface area contributed by atoms with Gasteiger partial charge in [0.15, 0.2) is 12.8 Å². The molecule has 0 atom stereocenters. The first kappa shape index (κ1) is 7.43. The largest absolute Gasteiger partial charge is 0.624 e. The Kier molecular flexibility index (Phi) is 4.26. The summed E-state index contributed by atoms with van der Waals surface area (Å²) in [6, 6.07) is 0. The summed E-state index contributed by atoms with van der Waals surface area (Å²) in [5, 5.41) is 10.4. The molecular weight excluding hydrogens is 104 g/mol. The summed E-state index contributed by atoms with van der Waals surface area (Å²) in [5.74, 6) is 0. The Morgan fingerprint density at radius 1 is 1.75 bits per heavy atom. The molecule has 0 saturated heterocycles. The number of nitrogens with zero attached hydrogens (tertiary/aromatic N) is 1. The number of hydrogen-bond donors (Lipinski definition) is 1. The Hall–Kier alpha value is -0.570. The lowest BCUT2D eigenvalue weighted by Crippen LogP contribution is -2.12. The van der Waals surface area contributed by atoms with Gasteiger partial charge in [-0.05, 0) is 0 Å². The van der Waals surface area contributed by atoms with E-state index >= 15 is 0 Å². The van der Waals surface area contributed by atoms with Crippen LogP contribution in [-0.4, -0.2) is 24.0 Å². The van der Waals surface area contributed by atoms with Gasteiger partial charge < -0.3 is 10.9 Å². The van der Waals surface area contributed by atoms with Crippen LogP contribution >= 0.6 is 0 Å². The van der Waals surface area contributed by atoms with E-state index in [4.69, 9.17) is 5.73 Å². The highest BCUT2D eigenvalue weighted by atomic mass is 16.5. The fourth-order valence-electron chi connectivity index (χ4n) is 0.429. The molecule has 0 aliphatic rings. The summed E-state index contributed by atoms with van der Waals surface area (Å²) in [6.07, 6.45) is 2.31. The van der Waals surface area contributed by atoms with Crippen LogP contribution in [0.3, 0.4) is 0 Å². The van der Waals surface area contributed by atoms with Crippen LogP contribution in [0, 0.1) is 5.21 Å². The third-order valence-electron chi connectivity index (χ3n) is 0.753. The molecule has 0 rings (SSSR count). The van der Waals surface area contributed by atoms with Crippen LogP contribution in [0.15, 0.2) is 0 Å². The Morgan fingerprint density at radius 2 is 2.38 bits per heavy atom. The predicted octanol–water partition coefficient (Wildman–Crippen LogP) is -0.0638. The van der Waals surface area contributed by atoms with Crippen molar-refractivity contribution in [3.8, 4) is 0 Å². The zero-order valence-electron chi connectivity index (χ0n) is 5.13. The Labute approximate surface area is 49.4 Å². The maximum absolute atomic E-state index is 10.4. The Balaban J connectivity index is 3.29. The lowest BCUT2D eigenvalue weighted by Gasteiger charge is -1.98. The number of hydroxylamine groups is 1. The third-order valence-corrected chi connectivity index (χ3v) is 0.753. The van der Waals surface area contributed by atoms with E-state index < -0.39 is 0 Å². The van der Waals surface area contributed by atoms with Gasteiger partial charge in [-0.3, -0.25) is 0 Å². The second-order valence-corrected chi connectivity index (χ2v) is 1.56. The highest BCUT2D eigenvalue weighted by Crippen LogP contribution is 1.74. The van der Waals surface area contributed by atoms with Crippen LogP contribution in [0.5, 0.6) is 0 Å². The maximum Gasteiger partial charge on any atom is 0.164 e. The first-order valence-corrected chi connectivity index (χ1v) is 2.78. The molecule has 0 saturated carbocycles. The average Bonchev–Trinajstić information content (AvgIpc) is 1.68. The molecule has 0 aromatic rings. The van der Waals surface area contributed by atoms with Crippen molar-refractivity contribution < 1.29 is 4.74 Å². The van der Waals surface area contributed by atoms with Crippen LogP contribution in [0.4, 0.5) is 0 Å². The van der Waals surface area contributed by atoms with Gasteiger partial charge in [0, 0.05) is 6.42 Å². The van der Waals surface area contributed by atoms with Crippen LogP contribution in [-0.2, 0) is 0 Å². The first-order valence-electron chi connectivity index (χ1n) is 2.78. The number of hydrogen-bond acceptors (Lipinski definition) is 2. The molecule has 0 unspecified atom stereocenters. The van der Waals surface area contributed by atoms with Crippen molar-refractivity contribution in [3.05, 3.63) is 5.21 Å². The van der Waals surface area contributed by atoms with Gasteiger partial charge in [-0.25, -0.2) is 4.74 Å². The molecule has 0 spiro atoms. The van der Waals surface area contributed by atoms with Crippen LogP contribution in [0.1, 0.15) is 13.3 Å². The van der Waals surface area contributed by atoms with E-state index in [1.54, 1.807) is 0 Å². The Morgan fingerprint density at radius 3 is 2.75 bits per heavy atom. The summed E-state index contributed by atoms with van der Waals surface area (Å²) >= 11 is 0. The zero-order valence-corrected chi connectivity index (χ0v) is 5.13. The molecule has 0 aromatic carbocycles. The molecule has 0 bridgehead atoms. The van der Waals surface area contributed by atoms with Gasteiger partial charge in [-0.1, -0.05) is 6.92 Å². The van der Waals surface area contributed by atoms with E-state index in [9.17, 15) is 5.21 Å². The molecule has 0 aliphatic heterocycles. The van der Waals surface area contributed by atoms with Gasteiger partial charge in [0.2, 0.25) is 0 Å². The van der Waals surface area contributed by atoms with E-state index in [2.05, 4.69) is 0 Å². The first-order chi connectivity index (χ1) is 3.81. The number of nitrogens with two attached hydrogens (primary N) is 1. The highest BCUT2D eigenvalue weighted by molar-refractivity contribution is 5.53. The van der Waals surface area contributed by atoms with Gasteiger partial charge in [0.1, 0.15) is 0 Å². The summed E-state index contributed by atoms with van der Waals surface area (Å²) < 4.78 is 0.861. The number of rotatable bonds is 3. The zero-order chi connectivity index (χ0) is 6.41. The smallest absolute Gasteiger partial charge is 0.164 e. The summed E-state index contributed by atoms with van der Waals surface area (Å²) in [5.41, 5.74) is 5.06. The molecular formula is C5H12N2O. The fourth-order valence-corrected chi connectivity index (χ4v) is 0.429. The SMILES string of the molecule is CCC/[N+]([O-])=C/CN. The highest BCUT2D eigenvalue weighted by Gasteiger charge is 1.84. The molecule has 0 heterocycles. The van der Waals surface area contributed by atoms with Crippen LogP contribution in [0.25, 0.3) is 0 Å². The summed E-state index contributed by atoms with van der Waals surface area (Å²) in [7, 11) is 0. The third kappa shape index (κ3) is 3.61. The monoisotopic (exact) mass is 116 g/mol. The lowest BCUT2D eigenvalue weighted by atomic mass is 10.5. The van der Waals surface area contributed by atoms with E-state index in [1.807, 2.05) is 6.92 Å². The van der Waals surface area contributed by atoms with Crippen molar-refractivity contribution in [2.75, 3.05) is 13.1 Å². The van der Waals surface area contributed by atoms with Crippen LogP contribution in [0.2, 0.25) is 0 Å². The molecule has 0 amide bonds. The van der Waals surface area contributed by atoms with E-state index in [1.165, 1.54) is 6.21 Å². The fraction of sp³-hybridized carbons (Fsp3) is 0.800. The van der Waals surface area contributed by atoms with Crippen molar-refractivity contribution in [1.29, 1.82) is 0 Å². The molecule has 0 aromatic heterocycles. The van der Waals surface area contributed by atoms with Gasteiger partial charge in [-0.2, -0.15) is 0 Å². The van der Waals surface area contributed by atoms with Crippen LogP contribution < -0.4 is 5.73 Å². The van der Waals surface area contributed by atoms with E-state index in [0.29, 0.717) is 13.1 Å². The molecule has 3 heteroatoms. The molecule has 2 N–H and O–H groups in total. The van der Waals surface area contributed by atoms with Crippen molar-refractivity contribution >= 4 is 6.21 Å². The molecule has 8 heavy (non-hydrogen) atoms. The van der Waals surface area contributed by atoms with Gasteiger partial charge in [-0.15, -0.1) is 0 Å². The summed E-state index contributed by atoms with van der Waals surface area (Å²) in [6.45, 7) is 2.84. The van der Waals surface area contributed by atoms with E-state index in [0.717, 1.165) is 11.2 Å². The maximum atomic E-state index is 10.4. The van der Waals surface area contributed by atoms with E-state index in [-0.39, 0.29) is 0 Å². The second kappa shape index (κ2) is 4.59. The van der Waals surface area contributed by atoms with Crippen molar-refractivity contribution in [3.63, 3.8) is 0 Å². The topological polar surface area (TPSA) is 52.1 Å². The molecule has 0 aliphatic carbocycles. The quantitative estimate of drug-likeness (QED) is 0.243. The minimum Gasteiger partial charge on any atom is -0.624 e. The van der Waals surface area contributed by atoms with Crippen molar-refractivity contribution in [1.82, 2.24) is 0 Å². The minimum absolute atomic E-state index is 0.337. The normalized spacial score (nSPS) is 12.0. The molecule has 0 fully saturated rings. The average molecular weight is 116 g/mol. The standard InChI is InChI=1S/C5H12N2O/c1-2-4-7(8)5-3-6/h5H,2-4,6H2,1H3/b7-5-. The van der Waals surface area contributed by atoms with Crippen molar-refractivity contribution in [2.45, 2.75) is 13.3 Å². The van der Waals surface area contributed by atoms with Gasteiger partial charge >= 0.3 is 0 Å².